The molecule has 7 fully saturated rings. The van der Waals surface area contributed by atoms with E-state index in [0.717, 1.165) is 51.4 Å². The summed E-state index contributed by atoms with van der Waals surface area (Å²) in [6, 6.07) is 0. The van der Waals surface area contributed by atoms with Crippen LogP contribution in [0.3, 0.4) is 0 Å². The maximum absolute atomic E-state index is 12.4. The molecule has 0 aromatic heterocycles. The molecule has 0 bridgehead atoms. The average molecular weight is 899 g/mol. The molecule has 5 aliphatic carbocycles. The minimum Gasteiger partial charge on any atom is -0.479 e. The number of carbonyl (C=O) groups is 1. The number of aliphatic hydroxyl groups excluding tert-OH is 9. The highest BCUT2D eigenvalue weighted by Crippen LogP contribution is 2.72. The average Bonchev–Trinajstić information content (AvgIpc) is 3.22. The summed E-state index contributed by atoms with van der Waals surface area (Å²) in [5, 5.41) is 109. The van der Waals surface area contributed by atoms with Crippen LogP contribution in [0.2, 0.25) is 0 Å². The van der Waals surface area contributed by atoms with Crippen LogP contribution >= 0.6 is 0 Å². The molecule has 0 unspecified atom stereocenters. The molecule has 0 aromatic rings. The normalized spacial score (nSPS) is 55.7. The third kappa shape index (κ3) is 7.78. The van der Waals surface area contributed by atoms with Crippen LogP contribution in [0.5, 0.6) is 0 Å². The van der Waals surface area contributed by atoms with Crippen LogP contribution < -0.4 is 0 Å². The molecule has 0 amide bonds. The molecular formula is C46H74O17. The van der Waals surface area contributed by atoms with Crippen molar-refractivity contribution in [1.29, 1.82) is 0 Å². The number of carboxylic acids is 1. The Kier molecular flexibility index (Phi) is 13.0. The lowest BCUT2D eigenvalue weighted by molar-refractivity contribution is -0.387. The summed E-state index contributed by atoms with van der Waals surface area (Å²) in [7, 11) is 0. The second-order valence-electron chi connectivity index (χ2n) is 22.5. The van der Waals surface area contributed by atoms with Crippen molar-refractivity contribution in [2.45, 2.75) is 204 Å². The number of rotatable bonds is 8. The molecule has 3 saturated heterocycles. The molecule has 63 heavy (non-hydrogen) atoms. The van der Waals surface area contributed by atoms with E-state index >= 15 is 0 Å². The molecule has 0 radical (unpaired) electrons. The van der Waals surface area contributed by atoms with E-state index in [9.17, 15) is 55.9 Å². The summed E-state index contributed by atoms with van der Waals surface area (Å²) < 4.78 is 36.0. The minimum absolute atomic E-state index is 0.000961. The fourth-order valence-electron chi connectivity index (χ4n) is 14.5. The Bertz CT molecular complexity index is 1710. The predicted molar refractivity (Wildman–Crippen MR) is 220 cm³/mol. The van der Waals surface area contributed by atoms with E-state index in [1.165, 1.54) is 12.5 Å². The minimum atomic E-state index is -2.01. The highest BCUT2D eigenvalue weighted by Gasteiger charge is 2.67. The molecule has 4 saturated carbocycles. The fraction of sp³-hybridized carbons (Fsp3) is 0.935. The highest BCUT2D eigenvalue weighted by atomic mass is 16.8. The first kappa shape index (κ1) is 48.1. The predicted octanol–water partition coefficient (Wildman–Crippen LogP) is 0.954. The summed E-state index contributed by atoms with van der Waals surface area (Å²) in [6.45, 7) is 14.3. The van der Waals surface area contributed by atoms with Gasteiger partial charge in [0, 0.05) is 10.8 Å². The van der Waals surface area contributed by atoms with Crippen molar-refractivity contribution >= 4 is 5.97 Å². The Morgan fingerprint density at radius 2 is 1.33 bits per heavy atom. The highest BCUT2D eigenvalue weighted by molar-refractivity contribution is 5.73. The lowest BCUT2D eigenvalue weighted by Crippen LogP contribution is -2.67. The maximum Gasteiger partial charge on any atom is 0.335 e. The van der Waals surface area contributed by atoms with Gasteiger partial charge in [0.2, 0.25) is 0 Å². The monoisotopic (exact) mass is 898 g/mol. The zero-order valence-corrected chi connectivity index (χ0v) is 37.7. The third-order valence-electron chi connectivity index (χ3n) is 18.3. The van der Waals surface area contributed by atoms with Crippen molar-refractivity contribution in [3.8, 4) is 0 Å². The molecular weight excluding hydrogens is 824 g/mol. The molecule has 8 rings (SSSR count). The zero-order chi connectivity index (χ0) is 45.9. The summed E-state index contributed by atoms with van der Waals surface area (Å²) in [6.07, 6.45) is -14.3. The second-order valence-corrected chi connectivity index (χ2v) is 22.5. The number of aliphatic hydroxyl groups is 9. The molecule has 8 aliphatic rings. The third-order valence-corrected chi connectivity index (χ3v) is 18.3. The van der Waals surface area contributed by atoms with Gasteiger partial charge in [-0.25, -0.2) is 4.79 Å². The van der Waals surface area contributed by atoms with E-state index in [2.05, 4.69) is 40.7 Å². The van der Waals surface area contributed by atoms with Crippen molar-refractivity contribution < 1.29 is 84.3 Å². The fourth-order valence-corrected chi connectivity index (χ4v) is 14.5. The number of allylic oxidation sites excluding steroid dienone is 2. The van der Waals surface area contributed by atoms with Gasteiger partial charge < -0.3 is 79.5 Å². The van der Waals surface area contributed by atoms with E-state index in [0.29, 0.717) is 24.2 Å². The summed E-state index contributed by atoms with van der Waals surface area (Å²) in [5.74, 6) is -0.584. The molecule has 3 aliphatic heterocycles. The topological polar surface area (TPSA) is 275 Å². The van der Waals surface area contributed by atoms with Gasteiger partial charge in [-0.05, 0) is 105 Å². The van der Waals surface area contributed by atoms with Crippen molar-refractivity contribution in [3.63, 3.8) is 0 Å². The zero-order valence-electron chi connectivity index (χ0n) is 37.7. The van der Waals surface area contributed by atoms with Crippen LogP contribution in [0, 0.1) is 50.7 Å². The standard InChI is InChI=1S/C46H74O17/c1-20-29(50)31(52)34(55)39(59-20)62-36-30(51)24(48)18-58-40(36)63-37-33(54)32(53)35(38(56)57)61-41(37)60-28-12-15-45(6)25-9-8-21-22(43(25,4)14-11-26(45)46(28,7)19-47)10-13-44(5)23(21)16-42(2,3)17-27(44)49/h8,20,22-37,39-41,47-55H,9-19H2,1-7H3,(H,56,57)/t20-,22-,23+,24-,25-,26-,27+,28-,29-,30-,31+,32-,33-,34+,35-,36+,37+,39-,40-,41+,43-,44+,45+,46+/m0/s1. The van der Waals surface area contributed by atoms with E-state index in [1.54, 1.807) is 0 Å². The van der Waals surface area contributed by atoms with Gasteiger partial charge in [-0.15, -0.1) is 0 Å². The molecule has 10 N–H and O–H groups in total. The Hall–Kier alpha value is -1.39. The Morgan fingerprint density at radius 3 is 2.02 bits per heavy atom. The first-order valence-corrected chi connectivity index (χ1v) is 23.3. The van der Waals surface area contributed by atoms with Crippen LogP contribution in [0.25, 0.3) is 0 Å². The number of fused-ring (bicyclic) bond motifs is 7. The van der Waals surface area contributed by atoms with E-state index in [-0.39, 0.29) is 40.3 Å². The van der Waals surface area contributed by atoms with Crippen molar-refractivity contribution in [2.75, 3.05) is 13.2 Å². The molecule has 0 aromatic carbocycles. The molecule has 24 atom stereocenters. The maximum atomic E-state index is 12.4. The molecule has 360 valence electrons. The summed E-state index contributed by atoms with van der Waals surface area (Å²) in [5.41, 5.74) is 0.335. The summed E-state index contributed by atoms with van der Waals surface area (Å²) >= 11 is 0. The smallest absolute Gasteiger partial charge is 0.335 e. The number of hydrogen-bond donors (Lipinski definition) is 10. The SMILES string of the molecule is C[C@@H]1O[C@@H](O[C@H]2[C@H](O[C@H]3[C@H](O[C@H]4CC[C@]5(C)[C@H]6CC=C7[C@H]8CC(C)(C)C[C@@H](O)[C@]8(C)CC[C@@H]7[C@]6(C)CC[C@@H]5[C@@]4(C)CO)O[C@H](C(=O)O)[C@@H](O)[C@@H]3O)OC[C@H](O)[C@@H]2O)[C@H](O)[C@H](O)[C@H]1O. The molecule has 17 nitrogen and oxygen atoms in total. The number of hydrogen-bond acceptors (Lipinski definition) is 16. The van der Waals surface area contributed by atoms with Crippen molar-refractivity contribution in [2.24, 2.45) is 50.7 Å². The van der Waals surface area contributed by atoms with Crippen LogP contribution in [0.1, 0.15) is 106 Å². The van der Waals surface area contributed by atoms with Gasteiger partial charge in [-0.1, -0.05) is 53.2 Å². The number of aliphatic carboxylic acids is 1. The second kappa shape index (κ2) is 17.0. The van der Waals surface area contributed by atoms with E-state index < -0.39 is 110 Å². The van der Waals surface area contributed by atoms with Gasteiger partial charge in [0.1, 0.15) is 54.9 Å². The van der Waals surface area contributed by atoms with Crippen LogP contribution in [0.4, 0.5) is 0 Å². The van der Waals surface area contributed by atoms with Crippen molar-refractivity contribution in [3.05, 3.63) is 11.6 Å². The van der Waals surface area contributed by atoms with Gasteiger partial charge in [0.15, 0.2) is 25.0 Å². The van der Waals surface area contributed by atoms with Crippen LogP contribution in [-0.4, -0.2) is 168 Å². The molecule has 0 spiro atoms. The van der Waals surface area contributed by atoms with E-state index in [4.69, 9.17) is 28.4 Å². The number of ether oxygens (including phenoxy) is 6. The Morgan fingerprint density at radius 1 is 0.683 bits per heavy atom. The Balaban J connectivity index is 1.05. The Labute approximate surface area is 369 Å². The van der Waals surface area contributed by atoms with Gasteiger partial charge in [-0.2, -0.15) is 0 Å². The van der Waals surface area contributed by atoms with Crippen LogP contribution in [0.15, 0.2) is 11.6 Å². The lowest BCUT2D eigenvalue weighted by Gasteiger charge is -2.69. The largest absolute Gasteiger partial charge is 0.479 e. The van der Waals surface area contributed by atoms with E-state index in [1.807, 2.05) is 6.92 Å². The summed E-state index contributed by atoms with van der Waals surface area (Å²) in [4.78, 5) is 12.4. The lowest BCUT2D eigenvalue weighted by atomic mass is 9.37. The molecule has 17 heteroatoms. The van der Waals surface area contributed by atoms with Gasteiger partial charge >= 0.3 is 5.97 Å². The first-order valence-electron chi connectivity index (χ1n) is 23.3. The van der Waals surface area contributed by atoms with Gasteiger partial charge in [0.25, 0.3) is 0 Å². The molecule has 3 heterocycles. The van der Waals surface area contributed by atoms with Crippen LogP contribution in [-0.2, 0) is 33.2 Å². The quantitative estimate of drug-likeness (QED) is 0.120. The van der Waals surface area contributed by atoms with Gasteiger partial charge in [0.05, 0.1) is 31.5 Å². The number of carboxylic acid groups (broad SMARTS) is 1. The first-order chi connectivity index (χ1) is 29.4. The van der Waals surface area contributed by atoms with Gasteiger partial charge in [-0.3, -0.25) is 0 Å². The van der Waals surface area contributed by atoms with Crippen molar-refractivity contribution in [1.82, 2.24) is 0 Å².